The van der Waals surface area contributed by atoms with Gasteiger partial charge in [0, 0.05) is 15.4 Å². The number of nitrogens with one attached hydrogen (secondary N) is 1. The highest BCUT2D eigenvalue weighted by atomic mass is 79.9. The number of benzene rings is 1. The van der Waals surface area contributed by atoms with Crippen molar-refractivity contribution < 1.29 is 14.5 Å². The third-order valence-corrected chi connectivity index (χ3v) is 4.17. The summed E-state index contributed by atoms with van der Waals surface area (Å²) in [5, 5.41) is 16.8. The molecule has 1 amide bonds. The fourth-order valence-corrected chi connectivity index (χ4v) is 2.64. The van der Waals surface area contributed by atoms with Crippen LogP contribution in [0.4, 0.5) is 5.69 Å². The van der Waals surface area contributed by atoms with Crippen LogP contribution >= 0.6 is 27.3 Å². The van der Waals surface area contributed by atoms with Gasteiger partial charge in [0.05, 0.1) is 10.6 Å². The lowest BCUT2D eigenvalue weighted by atomic mass is 10.3. The molecule has 0 saturated heterocycles. The molecule has 9 heteroatoms. The second kappa shape index (κ2) is 7.84. The summed E-state index contributed by atoms with van der Waals surface area (Å²) in [7, 11) is 0. The van der Waals surface area contributed by atoms with Gasteiger partial charge in [-0.05, 0) is 30.5 Å². The summed E-state index contributed by atoms with van der Waals surface area (Å²) in [6.45, 7) is 1.40. The maximum Gasteiger partial charge on any atom is 0.312 e. The Kier molecular flexibility index (Phi) is 5.83. The fourth-order valence-electron chi connectivity index (χ4n) is 1.62. The summed E-state index contributed by atoms with van der Waals surface area (Å²) in [6, 6.07) is 8.11. The number of hydrogen-bond acceptors (Lipinski definition) is 6. The van der Waals surface area contributed by atoms with E-state index in [-0.39, 0.29) is 18.0 Å². The summed E-state index contributed by atoms with van der Waals surface area (Å²) in [5.74, 6) is -0.481. The maximum atomic E-state index is 11.7. The maximum absolute atomic E-state index is 11.7. The predicted octanol–water partition coefficient (Wildman–Crippen LogP) is 3.34. The van der Waals surface area contributed by atoms with Gasteiger partial charge in [0.1, 0.15) is 0 Å². The molecule has 120 valence electrons. The van der Waals surface area contributed by atoms with Crippen molar-refractivity contribution in [3.63, 3.8) is 0 Å². The molecule has 0 spiro atoms. The van der Waals surface area contributed by atoms with Gasteiger partial charge in [0.15, 0.2) is 12.4 Å². The second-order valence-corrected chi connectivity index (χ2v) is 6.23. The number of ether oxygens (including phenoxy) is 1. The molecule has 1 N–H and O–H groups in total. The highest BCUT2D eigenvalue weighted by Crippen LogP contribution is 2.29. The first-order chi connectivity index (χ1) is 11.0. The van der Waals surface area contributed by atoms with Crippen molar-refractivity contribution in [2.45, 2.75) is 6.92 Å². The highest BCUT2D eigenvalue weighted by Gasteiger charge is 2.16. The third-order valence-electron chi connectivity index (χ3n) is 2.70. The molecule has 23 heavy (non-hydrogen) atoms. The average molecular weight is 398 g/mol. The van der Waals surface area contributed by atoms with E-state index in [1.807, 2.05) is 17.5 Å². The lowest BCUT2D eigenvalue weighted by molar-refractivity contribution is -0.385. The fraction of sp³-hybridized carbons (Fsp3) is 0.143. The number of nitro benzene ring substituents is 1. The molecule has 1 aromatic carbocycles. The van der Waals surface area contributed by atoms with Crippen LogP contribution in [0.2, 0.25) is 0 Å². The van der Waals surface area contributed by atoms with Crippen LogP contribution < -0.4 is 10.2 Å². The first-order valence-corrected chi connectivity index (χ1v) is 8.08. The second-order valence-electron chi connectivity index (χ2n) is 4.37. The number of thiophene rings is 1. The van der Waals surface area contributed by atoms with Crippen LogP contribution in [0.3, 0.4) is 0 Å². The lowest BCUT2D eigenvalue weighted by Gasteiger charge is -2.06. The Morgan fingerprint density at radius 3 is 2.91 bits per heavy atom. The standard InChI is InChI=1S/C14H12BrN3O4S/c1-9(13-3-2-6-23-13)16-17-14(19)8-22-12-5-4-10(15)7-11(12)18(20)21/h2-7H,8H2,1H3,(H,17,19). The van der Waals surface area contributed by atoms with Gasteiger partial charge in [0.2, 0.25) is 0 Å². The van der Waals surface area contributed by atoms with E-state index in [4.69, 9.17) is 4.74 Å². The molecule has 0 fully saturated rings. The van der Waals surface area contributed by atoms with Gasteiger partial charge < -0.3 is 4.74 Å². The smallest absolute Gasteiger partial charge is 0.312 e. The van der Waals surface area contributed by atoms with Gasteiger partial charge in [-0.2, -0.15) is 5.10 Å². The molecule has 0 aliphatic carbocycles. The molecular weight excluding hydrogens is 386 g/mol. The van der Waals surface area contributed by atoms with Crippen LogP contribution in [0.1, 0.15) is 11.8 Å². The Hall–Kier alpha value is -2.26. The molecule has 0 aliphatic heterocycles. The first-order valence-electron chi connectivity index (χ1n) is 6.41. The van der Waals surface area contributed by atoms with Crippen LogP contribution in [0.15, 0.2) is 45.3 Å². The van der Waals surface area contributed by atoms with Crippen molar-refractivity contribution in [3.05, 3.63) is 55.2 Å². The SMILES string of the molecule is CC(=NNC(=O)COc1ccc(Br)cc1[N+](=O)[O-])c1cccs1. The molecule has 0 unspecified atom stereocenters. The molecule has 0 atom stereocenters. The van der Waals surface area contributed by atoms with Gasteiger partial charge >= 0.3 is 5.69 Å². The highest BCUT2D eigenvalue weighted by molar-refractivity contribution is 9.10. The summed E-state index contributed by atoms with van der Waals surface area (Å²) in [6.07, 6.45) is 0. The van der Waals surface area contributed by atoms with Crippen molar-refractivity contribution in [1.29, 1.82) is 0 Å². The largest absolute Gasteiger partial charge is 0.477 e. The van der Waals surface area contributed by atoms with Crippen molar-refractivity contribution in [3.8, 4) is 5.75 Å². The number of rotatable bonds is 6. The molecule has 1 aromatic heterocycles. The van der Waals surface area contributed by atoms with Gasteiger partial charge in [0.25, 0.3) is 5.91 Å². The van der Waals surface area contributed by atoms with Gasteiger partial charge in [-0.1, -0.05) is 22.0 Å². The summed E-state index contributed by atoms with van der Waals surface area (Å²) in [5.41, 5.74) is 2.80. The molecule has 2 aromatic rings. The first kappa shape index (κ1) is 17.1. The lowest BCUT2D eigenvalue weighted by Crippen LogP contribution is -2.25. The zero-order valence-corrected chi connectivity index (χ0v) is 14.4. The molecule has 7 nitrogen and oxygen atoms in total. The number of hydrazone groups is 1. The zero-order valence-electron chi connectivity index (χ0n) is 12.0. The normalized spacial score (nSPS) is 11.1. The molecular formula is C14H12BrN3O4S. The quantitative estimate of drug-likeness (QED) is 0.459. The van der Waals surface area contributed by atoms with Crippen LogP contribution in [0.25, 0.3) is 0 Å². The van der Waals surface area contributed by atoms with Crippen molar-refractivity contribution in [1.82, 2.24) is 5.43 Å². The Labute approximate surface area is 144 Å². The zero-order chi connectivity index (χ0) is 16.8. The van der Waals surface area contributed by atoms with E-state index in [2.05, 4.69) is 26.5 Å². The minimum atomic E-state index is -0.572. The van der Waals surface area contributed by atoms with Crippen LogP contribution in [-0.2, 0) is 4.79 Å². The number of nitro groups is 1. The van der Waals surface area contributed by atoms with Gasteiger partial charge in [-0.15, -0.1) is 11.3 Å². The Balaban J connectivity index is 1.95. The summed E-state index contributed by atoms with van der Waals surface area (Å²) < 4.78 is 5.75. The predicted molar refractivity (Wildman–Crippen MR) is 91.0 cm³/mol. The third kappa shape index (κ3) is 4.86. The van der Waals surface area contributed by atoms with E-state index in [9.17, 15) is 14.9 Å². The van der Waals surface area contributed by atoms with Crippen molar-refractivity contribution >= 4 is 44.6 Å². The number of carbonyl (C=O) groups excluding carboxylic acids is 1. The number of amides is 1. The number of carbonyl (C=O) groups is 1. The van der Waals surface area contributed by atoms with Crippen molar-refractivity contribution in [2.75, 3.05) is 6.61 Å². The van der Waals surface area contributed by atoms with E-state index in [0.717, 1.165) is 4.88 Å². The molecule has 1 heterocycles. The minimum Gasteiger partial charge on any atom is -0.477 e. The van der Waals surface area contributed by atoms with Gasteiger partial charge in [-0.25, -0.2) is 5.43 Å². The van der Waals surface area contributed by atoms with Crippen molar-refractivity contribution in [2.24, 2.45) is 5.10 Å². The Bertz CT molecular complexity index is 746. The monoisotopic (exact) mass is 397 g/mol. The molecule has 0 radical (unpaired) electrons. The molecule has 0 saturated carbocycles. The van der Waals surface area contributed by atoms with Crippen LogP contribution in [-0.4, -0.2) is 23.1 Å². The average Bonchev–Trinajstić information content (AvgIpc) is 3.05. The van der Waals surface area contributed by atoms with E-state index in [1.54, 1.807) is 13.0 Å². The van der Waals surface area contributed by atoms with Crippen LogP contribution in [0, 0.1) is 10.1 Å². The topological polar surface area (TPSA) is 93.8 Å². The van der Waals surface area contributed by atoms with Crippen LogP contribution in [0.5, 0.6) is 5.75 Å². The summed E-state index contributed by atoms with van der Waals surface area (Å²) >= 11 is 4.65. The summed E-state index contributed by atoms with van der Waals surface area (Å²) in [4.78, 5) is 23.0. The molecule has 2 rings (SSSR count). The van der Waals surface area contributed by atoms with E-state index in [1.165, 1.54) is 23.5 Å². The molecule has 0 aliphatic rings. The Morgan fingerprint density at radius 1 is 1.48 bits per heavy atom. The van der Waals surface area contributed by atoms with Gasteiger partial charge in [-0.3, -0.25) is 14.9 Å². The number of nitrogens with zero attached hydrogens (tertiary/aromatic N) is 2. The van der Waals surface area contributed by atoms with E-state index in [0.29, 0.717) is 10.2 Å². The Morgan fingerprint density at radius 2 is 2.26 bits per heavy atom. The number of hydrogen-bond donors (Lipinski definition) is 1. The number of halogens is 1. The molecule has 0 bridgehead atoms. The van der Waals surface area contributed by atoms with E-state index >= 15 is 0 Å². The van der Waals surface area contributed by atoms with E-state index < -0.39 is 10.8 Å². The minimum absolute atomic E-state index is 0.0207.